The van der Waals surface area contributed by atoms with Crippen LogP contribution in [0.1, 0.15) is 20.3 Å². The number of amides is 1. The molecule has 0 aromatic heterocycles. The quantitative estimate of drug-likeness (QED) is 0.838. The molecule has 0 heterocycles. The van der Waals surface area contributed by atoms with Crippen LogP contribution in [0.4, 0.5) is 5.69 Å². The van der Waals surface area contributed by atoms with Gasteiger partial charge in [0.05, 0.1) is 13.0 Å². The van der Waals surface area contributed by atoms with E-state index in [2.05, 4.69) is 5.32 Å². The summed E-state index contributed by atoms with van der Waals surface area (Å²) in [4.78, 5) is 23.6. The molecule has 1 aromatic rings. The Morgan fingerprint density at radius 1 is 1.30 bits per heavy atom. The van der Waals surface area contributed by atoms with Crippen molar-refractivity contribution >= 4 is 17.6 Å². The second-order valence-electron chi connectivity index (χ2n) is 5.12. The maximum atomic E-state index is 11.9. The van der Waals surface area contributed by atoms with Crippen molar-refractivity contribution in [2.24, 2.45) is 11.8 Å². The van der Waals surface area contributed by atoms with Crippen LogP contribution in [-0.4, -0.2) is 25.1 Å². The number of ether oxygens (including phenoxy) is 2. The summed E-state index contributed by atoms with van der Waals surface area (Å²) in [7, 11) is 1.58. The van der Waals surface area contributed by atoms with E-state index >= 15 is 0 Å². The number of methoxy groups -OCH3 is 1. The third-order valence-corrected chi connectivity index (χ3v) is 3.43. The van der Waals surface area contributed by atoms with Crippen molar-refractivity contribution in [1.29, 1.82) is 0 Å². The van der Waals surface area contributed by atoms with Crippen molar-refractivity contribution in [1.82, 2.24) is 0 Å². The number of rotatable bonds is 5. The van der Waals surface area contributed by atoms with Gasteiger partial charge in [0.2, 0.25) is 0 Å². The Balaban J connectivity index is 1.85. The van der Waals surface area contributed by atoms with Crippen LogP contribution in [0.3, 0.4) is 0 Å². The summed E-state index contributed by atoms with van der Waals surface area (Å²) in [6.45, 7) is 3.57. The molecular weight excluding hydrogens is 258 g/mol. The number of carbonyl (C=O) groups is 2. The van der Waals surface area contributed by atoms with Crippen molar-refractivity contribution in [3.05, 3.63) is 24.3 Å². The minimum atomic E-state index is -0.794. The van der Waals surface area contributed by atoms with E-state index in [1.165, 1.54) is 0 Å². The second kappa shape index (κ2) is 5.94. The first-order valence-electron chi connectivity index (χ1n) is 6.66. The minimum Gasteiger partial charge on any atom is -0.497 e. The van der Waals surface area contributed by atoms with E-state index in [4.69, 9.17) is 9.47 Å². The fourth-order valence-corrected chi connectivity index (χ4v) is 1.88. The fraction of sp³-hybridized carbons (Fsp3) is 0.467. The smallest absolute Gasteiger partial charge is 0.309 e. The van der Waals surface area contributed by atoms with Crippen LogP contribution in [0.25, 0.3) is 0 Å². The lowest BCUT2D eigenvalue weighted by atomic mass is 10.2. The third kappa shape index (κ3) is 3.50. The van der Waals surface area contributed by atoms with E-state index in [1.54, 1.807) is 38.3 Å². The monoisotopic (exact) mass is 277 g/mol. The van der Waals surface area contributed by atoms with Crippen molar-refractivity contribution in [3.8, 4) is 5.75 Å². The van der Waals surface area contributed by atoms with Gasteiger partial charge in [0, 0.05) is 5.69 Å². The van der Waals surface area contributed by atoms with E-state index in [9.17, 15) is 9.59 Å². The average Bonchev–Trinajstić information content (AvgIpc) is 3.16. The lowest BCUT2D eigenvalue weighted by Gasteiger charge is -2.13. The molecule has 0 saturated heterocycles. The topological polar surface area (TPSA) is 64.6 Å². The van der Waals surface area contributed by atoms with Gasteiger partial charge in [-0.1, -0.05) is 6.92 Å². The molecule has 1 aliphatic carbocycles. The molecule has 5 nitrogen and oxygen atoms in total. The van der Waals surface area contributed by atoms with Crippen molar-refractivity contribution in [2.45, 2.75) is 26.4 Å². The largest absolute Gasteiger partial charge is 0.497 e. The summed E-state index contributed by atoms with van der Waals surface area (Å²) in [6, 6.07) is 6.96. The van der Waals surface area contributed by atoms with Crippen LogP contribution in [0.15, 0.2) is 24.3 Å². The zero-order valence-electron chi connectivity index (χ0n) is 11.9. The van der Waals surface area contributed by atoms with Crippen LogP contribution in [-0.2, 0) is 14.3 Å². The minimum absolute atomic E-state index is 0.0359. The van der Waals surface area contributed by atoms with Gasteiger partial charge in [0.15, 0.2) is 6.10 Å². The number of esters is 1. The Morgan fingerprint density at radius 2 is 1.90 bits per heavy atom. The third-order valence-electron chi connectivity index (χ3n) is 3.43. The zero-order valence-corrected chi connectivity index (χ0v) is 11.9. The van der Waals surface area contributed by atoms with Gasteiger partial charge >= 0.3 is 5.97 Å². The van der Waals surface area contributed by atoms with E-state index in [0.717, 1.165) is 6.42 Å². The summed E-state index contributed by atoms with van der Waals surface area (Å²) in [5.41, 5.74) is 0.637. The lowest BCUT2D eigenvalue weighted by Crippen LogP contribution is -2.30. The first-order valence-corrected chi connectivity index (χ1v) is 6.66. The van der Waals surface area contributed by atoms with Gasteiger partial charge in [-0.15, -0.1) is 0 Å². The van der Waals surface area contributed by atoms with Crippen LogP contribution >= 0.6 is 0 Å². The molecule has 2 rings (SSSR count). The number of hydrogen-bond donors (Lipinski definition) is 1. The van der Waals surface area contributed by atoms with Crippen molar-refractivity contribution in [3.63, 3.8) is 0 Å². The van der Waals surface area contributed by atoms with Crippen molar-refractivity contribution < 1.29 is 19.1 Å². The van der Waals surface area contributed by atoms with E-state index in [1.807, 2.05) is 6.92 Å². The van der Waals surface area contributed by atoms with Gasteiger partial charge in [-0.3, -0.25) is 9.59 Å². The molecule has 20 heavy (non-hydrogen) atoms. The number of anilines is 1. The van der Waals surface area contributed by atoms with Crippen molar-refractivity contribution in [2.75, 3.05) is 12.4 Å². The van der Waals surface area contributed by atoms with Crippen LogP contribution in [0.2, 0.25) is 0 Å². The Hall–Kier alpha value is -2.04. The molecule has 1 amide bonds. The Morgan fingerprint density at radius 3 is 2.40 bits per heavy atom. The summed E-state index contributed by atoms with van der Waals surface area (Å²) in [5.74, 6) is 0.433. The molecule has 108 valence electrons. The number of nitrogens with one attached hydrogen (secondary N) is 1. The molecule has 1 fully saturated rings. The molecule has 0 spiro atoms. The molecule has 3 atom stereocenters. The average molecular weight is 277 g/mol. The number of carbonyl (C=O) groups excluding carboxylic acids is 2. The van der Waals surface area contributed by atoms with Gasteiger partial charge in [0.25, 0.3) is 5.91 Å². The molecular formula is C15H19NO4. The Bertz CT molecular complexity index is 497. The van der Waals surface area contributed by atoms with Gasteiger partial charge in [0.1, 0.15) is 5.75 Å². The van der Waals surface area contributed by atoms with Gasteiger partial charge in [-0.2, -0.15) is 0 Å². The first kappa shape index (κ1) is 14.4. The molecule has 1 aliphatic rings. The lowest BCUT2D eigenvalue weighted by molar-refractivity contribution is -0.154. The highest BCUT2D eigenvalue weighted by Gasteiger charge is 2.41. The summed E-state index contributed by atoms with van der Waals surface area (Å²) in [6.07, 6.45) is 0.0588. The molecule has 0 aliphatic heterocycles. The second-order valence-corrected chi connectivity index (χ2v) is 5.12. The predicted octanol–water partition coefficient (Wildman–Crippen LogP) is 2.22. The molecule has 0 unspecified atom stereocenters. The highest BCUT2D eigenvalue weighted by atomic mass is 16.5. The molecule has 1 saturated carbocycles. The van der Waals surface area contributed by atoms with Gasteiger partial charge in [-0.05, 0) is 43.5 Å². The van der Waals surface area contributed by atoms with Crippen LogP contribution in [0, 0.1) is 11.8 Å². The fourth-order valence-electron chi connectivity index (χ4n) is 1.88. The Labute approximate surface area is 118 Å². The maximum absolute atomic E-state index is 11.9. The molecule has 1 N–H and O–H groups in total. The number of benzene rings is 1. The highest BCUT2D eigenvalue weighted by Crippen LogP contribution is 2.38. The molecule has 5 heteroatoms. The van der Waals surface area contributed by atoms with E-state index < -0.39 is 6.10 Å². The first-order chi connectivity index (χ1) is 9.51. The summed E-state index contributed by atoms with van der Waals surface area (Å²) < 4.78 is 10.2. The molecule has 0 radical (unpaired) electrons. The molecule has 1 aromatic carbocycles. The number of hydrogen-bond acceptors (Lipinski definition) is 4. The van der Waals surface area contributed by atoms with Gasteiger partial charge < -0.3 is 14.8 Å². The Kier molecular flexibility index (Phi) is 4.27. The molecule has 0 bridgehead atoms. The normalized spacial score (nSPS) is 21.8. The van der Waals surface area contributed by atoms with Crippen LogP contribution < -0.4 is 10.1 Å². The summed E-state index contributed by atoms with van der Waals surface area (Å²) in [5, 5.41) is 2.70. The highest BCUT2D eigenvalue weighted by molar-refractivity contribution is 5.95. The van der Waals surface area contributed by atoms with Crippen LogP contribution in [0.5, 0.6) is 5.75 Å². The van der Waals surface area contributed by atoms with E-state index in [0.29, 0.717) is 17.4 Å². The van der Waals surface area contributed by atoms with E-state index in [-0.39, 0.29) is 17.8 Å². The maximum Gasteiger partial charge on any atom is 0.309 e. The zero-order chi connectivity index (χ0) is 14.7. The standard InChI is InChI=1S/C15H19NO4/c1-9-8-13(9)15(18)20-10(2)14(17)16-11-4-6-12(19-3)7-5-11/h4-7,9-10,13H,8H2,1-3H3,(H,16,17)/t9-,10+,13+/m1/s1. The SMILES string of the molecule is COc1ccc(NC(=O)[C@H](C)OC(=O)[C@H]2C[C@H]2C)cc1. The predicted molar refractivity (Wildman–Crippen MR) is 74.4 cm³/mol. The van der Waals surface area contributed by atoms with Gasteiger partial charge in [-0.25, -0.2) is 0 Å². The summed E-state index contributed by atoms with van der Waals surface area (Å²) >= 11 is 0.